The Hall–Kier alpha value is -1.92. The fraction of sp³-hybridized carbons (Fsp3) is 0.333. The lowest BCUT2D eigenvalue weighted by atomic mass is 10.2. The maximum absolute atomic E-state index is 12.0. The smallest absolute Gasteiger partial charge is 0.321 e. The van der Waals surface area contributed by atoms with Crippen LogP contribution in [0, 0.1) is 11.3 Å². The van der Waals surface area contributed by atoms with E-state index in [0.29, 0.717) is 0 Å². The predicted octanol–water partition coefficient (Wildman–Crippen LogP) is 0.220. The van der Waals surface area contributed by atoms with Crippen LogP contribution in [0.4, 0.5) is 0 Å². The average Bonchev–Trinajstić information content (AvgIpc) is 2.44. The lowest BCUT2D eigenvalue weighted by Gasteiger charge is -2.09. The maximum atomic E-state index is 12.0. The highest BCUT2D eigenvalue weighted by Gasteiger charge is 2.29. The van der Waals surface area contributed by atoms with Crippen molar-refractivity contribution in [2.45, 2.75) is 17.1 Å². The van der Waals surface area contributed by atoms with Crippen molar-refractivity contribution in [2.24, 2.45) is 0 Å². The molecule has 1 N–H and O–H groups in total. The van der Waals surface area contributed by atoms with Gasteiger partial charge in [0.2, 0.25) is 0 Å². The van der Waals surface area contributed by atoms with Crippen molar-refractivity contribution in [1.82, 2.24) is 0 Å². The Balaban J connectivity index is 2.91. The molecule has 0 aliphatic carbocycles. The first-order valence-electron chi connectivity index (χ1n) is 5.77. The molecule has 9 heteroatoms. The number of hydrogen-bond donors (Lipinski definition) is 1. The molecular formula is C12H13NO6S2. The molecule has 0 saturated heterocycles. The van der Waals surface area contributed by atoms with Crippen LogP contribution in [0.2, 0.25) is 0 Å². The number of carbonyl (C=O) groups is 1. The molecule has 0 saturated carbocycles. The Morgan fingerprint density at radius 1 is 1.19 bits per heavy atom. The van der Waals surface area contributed by atoms with E-state index < -0.39 is 42.4 Å². The molecule has 1 atom stereocenters. The molecule has 0 amide bonds. The summed E-state index contributed by atoms with van der Waals surface area (Å²) in [5.41, 5.74) is 0.279. The lowest BCUT2D eigenvalue weighted by molar-refractivity contribution is -0.136. The molecule has 0 fully saturated rings. The van der Waals surface area contributed by atoms with Crippen LogP contribution in [0.3, 0.4) is 0 Å². The predicted molar refractivity (Wildman–Crippen MR) is 74.1 cm³/mol. The van der Waals surface area contributed by atoms with Crippen LogP contribution >= 0.6 is 0 Å². The minimum absolute atomic E-state index is 0.111. The number of carboxylic acids is 1. The van der Waals surface area contributed by atoms with Gasteiger partial charge in [-0.1, -0.05) is 0 Å². The van der Waals surface area contributed by atoms with E-state index in [1.54, 1.807) is 0 Å². The van der Waals surface area contributed by atoms with Gasteiger partial charge in [-0.05, 0) is 31.2 Å². The van der Waals surface area contributed by atoms with E-state index in [1.165, 1.54) is 24.3 Å². The first kappa shape index (κ1) is 17.1. The standard InChI is InChI=1S/C12H13NO6S2/c1-9(12(14)15)20(16,17)6-7-21(18,19)11-4-2-10(8-13)3-5-11/h2-5,9H,6-7H2,1H3,(H,14,15). The number of benzene rings is 1. The van der Waals surface area contributed by atoms with Crippen LogP contribution in [-0.4, -0.2) is 44.7 Å². The Labute approximate surface area is 122 Å². The Morgan fingerprint density at radius 3 is 2.14 bits per heavy atom. The molecule has 0 heterocycles. The van der Waals surface area contributed by atoms with Crippen LogP contribution in [0.15, 0.2) is 29.2 Å². The van der Waals surface area contributed by atoms with Crippen molar-refractivity contribution in [3.8, 4) is 6.07 Å². The normalized spacial score (nSPS) is 13.3. The second kappa shape index (κ2) is 6.24. The zero-order valence-corrected chi connectivity index (χ0v) is 12.7. The van der Waals surface area contributed by atoms with Crippen molar-refractivity contribution in [3.63, 3.8) is 0 Å². The summed E-state index contributed by atoms with van der Waals surface area (Å²) in [5.74, 6) is -3.01. The van der Waals surface area contributed by atoms with Crippen LogP contribution in [0.25, 0.3) is 0 Å². The van der Waals surface area contributed by atoms with E-state index in [-0.39, 0.29) is 10.5 Å². The highest BCUT2D eigenvalue weighted by atomic mass is 32.2. The summed E-state index contributed by atoms with van der Waals surface area (Å²) in [7, 11) is -7.90. The monoisotopic (exact) mass is 331 g/mol. The second-order valence-corrected chi connectivity index (χ2v) is 8.85. The number of hydrogen-bond acceptors (Lipinski definition) is 6. The van der Waals surface area contributed by atoms with Gasteiger partial charge in [-0.3, -0.25) is 4.79 Å². The van der Waals surface area contributed by atoms with Gasteiger partial charge in [0.25, 0.3) is 0 Å². The molecule has 114 valence electrons. The third kappa shape index (κ3) is 4.27. The summed E-state index contributed by atoms with van der Waals surface area (Å²) < 4.78 is 47.3. The van der Waals surface area contributed by atoms with Crippen LogP contribution in [-0.2, 0) is 24.5 Å². The Kier molecular flexibility index (Phi) is 5.09. The first-order valence-corrected chi connectivity index (χ1v) is 9.14. The molecule has 1 aromatic rings. The molecule has 7 nitrogen and oxygen atoms in total. The van der Waals surface area contributed by atoms with Gasteiger partial charge < -0.3 is 5.11 Å². The number of carboxylic acid groups (broad SMARTS) is 1. The van der Waals surface area contributed by atoms with E-state index in [4.69, 9.17) is 10.4 Å². The third-order valence-electron chi connectivity index (χ3n) is 2.87. The largest absolute Gasteiger partial charge is 0.480 e. The van der Waals surface area contributed by atoms with Gasteiger partial charge in [-0.2, -0.15) is 5.26 Å². The highest BCUT2D eigenvalue weighted by Crippen LogP contribution is 2.14. The molecule has 0 spiro atoms. The molecule has 0 aliphatic rings. The Bertz CT molecular complexity index is 772. The molecular weight excluding hydrogens is 318 g/mol. The van der Waals surface area contributed by atoms with Gasteiger partial charge in [-0.15, -0.1) is 0 Å². The molecule has 0 bridgehead atoms. The van der Waals surface area contributed by atoms with Gasteiger partial charge in [0.1, 0.15) is 0 Å². The van der Waals surface area contributed by atoms with Crippen molar-refractivity contribution in [3.05, 3.63) is 29.8 Å². The fourth-order valence-corrected chi connectivity index (χ4v) is 4.67. The first-order chi connectivity index (χ1) is 9.60. The summed E-state index contributed by atoms with van der Waals surface area (Å²) in [4.78, 5) is 10.5. The third-order valence-corrected chi connectivity index (χ3v) is 6.91. The second-order valence-electron chi connectivity index (χ2n) is 4.30. The molecule has 0 aromatic heterocycles. The van der Waals surface area contributed by atoms with Gasteiger partial charge in [0.15, 0.2) is 24.9 Å². The maximum Gasteiger partial charge on any atom is 0.321 e. The van der Waals surface area contributed by atoms with Gasteiger partial charge in [0, 0.05) is 0 Å². The van der Waals surface area contributed by atoms with Gasteiger partial charge >= 0.3 is 5.97 Å². The Morgan fingerprint density at radius 2 is 1.71 bits per heavy atom. The number of sulfone groups is 2. The topological polar surface area (TPSA) is 129 Å². The summed E-state index contributed by atoms with van der Waals surface area (Å²) in [6.45, 7) is 0.992. The fourth-order valence-electron chi connectivity index (χ4n) is 1.41. The minimum atomic E-state index is -4.04. The zero-order chi connectivity index (χ0) is 16.3. The number of rotatable bonds is 6. The number of nitriles is 1. The van der Waals surface area contributed by atoms with Gasteiger partial charge in [0.05, 0.1) is 28.0 Å². The molecule has 1 rings (SSSR count). The quantitative estimate of drug-likeness (QED) is 0.789. The van der Waals surface area contributed by atoms with Crippen LogP contribution < -0.4 is 0 Å². The summed E-state index contributed by atoms with van der Waals surface area (Å²) in [6.07, 6.45) is 0. The molecule has 21 heavy (non-hydrogen) atoms. The van der Waals surface area contributed by atoms with E-state index in [1.807, 2.05) is 6.07 Å². The lowest BCUT2D eigenvalue weighted by Crippen LogP contribution is -2.31. The van der Waals surface area contributed by atoms with Gasteiger partial charge in [-0.25, -0.2) is 16.8 Å². The molecule has 1 unspecified atom stereocenters. The van der Waals surface area contributed by atoms with Crippen molar-refractivity contribution in [1.29, 1.82) is 5.26 Å². The van der Waals surface area contributed by atoms with E-state index in [0.717, 1.165) is 6.92 Å². The van der Waals surface area contributed by atoms with E-state index in [9.17, 15) is 21.6 Å². The molecule has 1 aromatic carbocycles. The van der Waals surface area contributed by atoms with Crippen molar-refractivity contribution in [2.75, 3.05) is 11.5 Å². The van der Waals surface area contributed by atoms with Crippen molar-refractivity contribution >= 4 is 25.6 Å². The zero-order valence-electron chi connectivity index (χ0n) is 11.1. The summed E-state index contributed by atoms with van der Waals surface area (Å²) >= 11 is 0. The molecule has 0 radical (unpaired) electrons. The molecule has 0 aliphatic heterocycles. The van der Waals surface area contributed by atoms with E-state index in [2.05, 4.69) is 0 Å². The van der Waals surface area contributed by atoms with Crippen molar-refractivity contribution < 1.29 is 26.7 Å². The minimum Gasteiger partial charge on any atom is -0.480 e. The number of nitrogens with zero attached hydrogens (tertiary/aromatic N) is 1. The highest BCUT2D eigenvalue weighted by molar-refractivity contribution is 7.95. The van der Waals surface area contributed by atoms with Crippen LogP contribution in [0.1, 0.15) is 12.5 Å². The SMILES string of the molecule is CC(C(=O)O)S(=O)(=O)CCS(=O)(=O)c1ccc(C#N)cc1. The summed E-state index contributed by atoms with van der Waals surface area (Å²) in [5, 5.41) is 15.6. The van der Waals surface area contributed by atoms with Crippen LogP contribution in [0.5, 0.6) is 0 Å². The average molecular weight is 331 g/mol. The number of aliphatic carboxylic acids is 1. The summed E-state index contributed by atoms with van der Waals surface area (Å²) in [6, 6.07) is 6.87. The van der Waals surface area contributed by atoms with E-state index >= 15 is 0 Å².